The first-order valence-electron chi connectivity index (χ1n) is 11.7. The number of benzene rings is 2. The lowest BCUT2D eigenvalue weighted by molar-refractivity contribution is -0.165. The van der Waals surface area contributed by atoms with Crippen LogP contribution in [0.2, 0.25) is 5.02 Å². The van der Waals surface area contributed by atoms with Gasteiger partial charge in [-0.3, -0.25) is 9.59 Å². The van der Waals surface area contributed by atoms with Gasteiger partial charge in [0.1, 0.15) is 29.3 Å². The minimum absolute atomic E-state index is 0.0538. The number of halogens is 1. The number of morpholine rings is 1. The SMILES string of the molecule is Cc1nonc1CC(=O)N1CCO[C@@](COc2ccc(Cl)cc2)(CC(=O)N(C)Cc2ccccc2)C1. The van der Waals surface area contributed by atoms with E-state index in [-0.39, 0.29) is 44.4 Å². The molecule has 0 unspecified atom stereocenters. The predicted molar refractivity (Wildman–Crippen MR) is 132 cm³/mol. The third-order valence-corrected chi connectivity index (χ3v) is 6.40. The molecule has 1 atom stereocenters. The lowest BCUT2D eigenvalue weighted by Gasteiger charge is -2.42. The highest BCUT2D eigenvalue weighted by molar-refractivity contribution is 6.30. The van der Waals surface area contributed by atoms with Crippen molar-refractivity contribution in [1.29, 1.82) is 0 Å². The van der Waals surface area contributed by atoms with Gasteiger partial charge in [-0.15, -0.1) is 0 Å². The minimum Gasteiger partial charge on any atom is -0.490 e. The van der Waals surface area contributed by atoms with Crippen molar-refractivity contribution in [3.8, 4) is 5.75 Å². The number of carbonyl (C=O) groups is 2. The Bertz CT molecular complexity index is 1170. The fourth-order valence-electron chi connectivity index (χ4n) is 4.07. The van der Waals surface area contributed by atoms with E-state index < -0.39 is 5.60 Å². The van der Waals surface area contributed by atoms with Crippen LogP contribution < -0.4 is 4.74 Å². The van der Waals surface area contributed by atoms with Gasteiger partial charge in [-0.25, -0.2) is 4.63 Å². The molecule has 1 aromatic heterocycles. The molecule has 0 N–H and O–H groups in total. The maximum atomic E-state index is 13.3. The molecule has 36 heavy (non-hydrogen) atoms. The van der Waals surface area contributed by atoms with E-state index in [9.17, 15) is 9.59 Å². The Morgan fingerprint density at radius 2 is 1.89 bits per heavy atom. The van der Waals surface area contributed by atoms with Crippen molar-refractivity contribution in [2.45, 2.75) is 31.9 Å². The Hall–Kier alpha value is -3.43. The molecule has 190 valence electrons. The summed E-state index contributed by atoms with van der Waals surface area (Å²) in [5, 5.41) is 8.16. The molecule has 4 rings (SSSR count). The maximum Gasteiger partial charge on any atom is 0.228 e. The lowest BCUT2D eigenvalue weighted by atomic mass is 9.96. The summed E-state index contributed by atoms with van der Waals surface area (Å²) in [4.78, 5) is 29.7. The van der Waals surface area contributed by atoms with E-state index in [4.69, 9.17) is 25.7 Å². The molecule has 0 aliphatic carbocycles. The van der Waals surface area contributed by atoms with Crippen LogP contribution >= 0.6 is 11.6 Å². The van der Waals surface area contributed by atoms with Crippen LogP contribution in [0.4, 0.5) is 0 Å². The van der Waals surface area contributed by atoms with Gasteiger partial charge in [0.05, 0.1) is 26.0 Å². The van der Waals surface area contributed by atoms with E-state index in [0.29, 0.717) is 35.2 Å². The summed E-state index contributed by atoms with van der Waals surface area (Å²) in [6.07, 6.45) is 0.115. The van der Waals surface area contributed by atoms with Gasteiger partial charge >= 0.3 is 0 Å². The number of hydrogen-bond donors (Lipinski definition) is 0. The molecule has 1 aliphatic rings. The summed E-state index contributed by atoms with van der Waals surface area (Å²) >= 11 is 5.99. The van der Waals surface area contributed by atoms with Crippen LogP contribution in [0.25, 0.3) is 0 Å². The second-order valence-corrected chi connectivity index (χ2v) is 9.41. The van der Waals surface area contributed by atoms with Crippen molar-refractivity contribution >= 4 is 23.4 Å². The highest BCUT2D eigenvalue weighted by Crippen LogP contribution is 2.27. The molecule has 1 aliphatic heterocycles. The average molecular weight is 513 g/mol. The fourth-order valence-corrected chi connectivity index (χ4v) is 4.20. The smallest absolute Gasteiger partial charge is 0.228 e. The third kappa shape index (κ3) is 6.61. The van der Waals surface area contributed by atoms with Crippen molar-refractivity contribution in [3.63, 3.8) is 0 Å². The summed E-state index contributed by atoms with van der Waals surface area (Å²) in [6, 6.07) is 16.7. The summed E-state index contributed by atoms with van der Waals surface area (Å²) in [7, 11) is 1.76. The number of hydrogen-bond acceptors (Lipinski definition) is 7. The van der Waals surface area contributed by atoms with E-state index in [2.05, 4.69) is 10.3 Å². The number of nitrogens with zero attached hydrogens (tertiary/aromatic N) is 4. The molecule has 1 saturated heterocycles. The Kier molecular flexibility index (Phi) is 8.22. The zero-order valence-corrected chi connectivity index (χ0v) is 21.1. The van der Waals surface area contributed by atoms with Gasteiger partial charge in [0.15, 0.2) is 0 Å². The van der Waals surface area contributed by atoms with Crippen molar-refractivity contribution in [1.82, 2.24) is 20.1 Å². The Balaban J connectivity index is 1.49. The normalized spacial score (nSPS) is 17.6. The lowest BCUT2D eigenvalue weighted by Crippen LogP contribution is -2.58. The minimum atomic E-state index is -1.02. The first kappa shape index (κ1) is 25.7. The molecule has 2 amide bonds. The van der Waals surface area contributed by atoms with E-state index in [0.717, 1.165) is 5.56 Å². The molecule has 2 heterocycles. The summed E-state index contributed by atoms with van der Waals surface area (Å²) in [6.45, 7) is 3.18. The summed E-state index contributed by atoms with van der Waals surface area (Å²) < 4.78 is 16.9. The first-order valence-corrected chi connectivity index (χ1v) is 12.1. The molecule has 0 spiro atoms. The first-order chi connectivity index (χ1) is 17.3. The molecule has 1 fully saturated rings. The van der Waals surface area contributed by atoms with Crippen LogP contribution in [0, 0.1) is 6.92 Å². The zero-order chi connectivity index (χ0) is 25.5. The maximum absolute atomic E-state index is 13.3. The number of amides is 2. The van der Waals surface area contributed by atoms with Gasteiger partial charge < -0.3 is 19.3 Å². The number of ether oxygens (including phenoxy) is 2. The zero-order valence-electron chi connectivity index (χ0n) is 20.4. The molecule has 2 aromatic carbocycles. The third-order valence-electron chi connectivity index (χ3n) is 6.14. The van der Waals surface area contributed by atoms with Crippen LogP contribution in [-0.4, -0.2) is 70.9 Å². The molecule has 9 nitrogen and oxygen atoms in total. The number of carbonyl (C=O) groups excluding carboxylic acids is 2. The van der Waals surface area contributed by atoms with Crippen LogP contribution in [0.5, 0.6) is 5.75 Å². The summed E-state index contributed by atoms with van der Waals surface area (Å²) in [5.74, 6) is 0.350. The van der Waals surface area contributed by atoms with E-state index in [1.165, 1.54) is 0 Å². The molecule has 10 heteroatoms. The Morgan fingerprint density at radius 1 is 1.14 bits per heavy atom. The number of aryl methyl sites for hydroxylation is 1. The average Bonchev–Trinajstić information content (AvgIpc) is 3.28. The second kappa shape index (κ2) is 11.5. The van der Waals surface area contributed by atoms with Crippen LogP contribution in [0.1, 0.15) is 23.4 Å². The molecule has 0 saturated carbocycles. The number of rotatable bonds is 9. The van der Waals surface area contributed by atoms with Crippen molar-refractivity contribution in [2.24, 2.45) is 0 Å². The summed E-state index contributed by atoms with van der Waals surface area (Å²) in [5.41, 5.74) is 1.07. The van der Waals surface area contributed by atoms with Gasteiger partial charge in [-0.2, -0.15) is 0 Å². The molecular formula is C26H29ClN4O5. The van der Waals surface area contributed by atoms with E-state index in [1.807, 2.05) is 30.3 Å². The topological polar surface area (TPSA) is 98.0 Å². The standard InChI is InChI=1S/C26H29ClN4O5/c1-19-23(29-36-28-19)14-24(32)31-12-13-35-26(17-31,18-34-22-10-8-21(27)9-11-22)15-25(33)30(2)16-20-6-4-3-5-7-20/h3-11H,12-18H2,1-2H3/t26-/m0/s1. The quantitative estimate of drug-likeness (QED) is 0.434. The van der Waals surface area contributed by atoms with Gasteiger partial charge in [0.25, 0.3) is 0 Å². The van der Waals surface area contributed by atoms with Crippen molar-refractivity contribution in [3.05, 3.63) is 76.6 Å². The molecular weight excluding hydrogens is 484 g/mol. The van der Waals surface area contributed by atoms with Crippen LogP contribution in [0.15, 0.2) is 59.2 Å². The van der Waals surface area contributed by atoms with E-state index >= 15 is 0 Å². The fraction of sp³-hybridized carbons (Fsp3) is 0.385. The van der Waals surface area contributed by atoms with Gasteiger partial charge in [0, 0.05) is 25.2 Å². The highest BCUT2D eigenvalue weighted by atomic mass is 35.5. The van der Waals surface area contributed by atoms with Gasteiger partial charge in [0.2, 0.25) is 11.8 Å². The van der Waals surface area contributed by atoms with Crippen molar-refractivity contribution in [2.75, 3.05) is 33.4 Å². The van der Waals surface area contributed by atoms with Crippen LogP contribution in [-0.2, 0) is 27.3 Å². The number of aromatic nitrogens is 2. The van der Waals surface area contributed by atoms with Crippen LogP contribution in [0.3, 0.4) is 0 Å². The Labute approximate surface area is 214 Å². The highest BCUT2D eigenvalue weighted by Gasteiger charge is 2.42. The van der Waals surface area contributed by atoms with E-state index in [1.54, 1.807) is 48.0 Å². The molecule has 3 aromatic rings. The van der Waals surface area contributed by atoms with Crippen molar-refractivity contribution < 1.29 is 23.7 Å². The predicted octanol–water partition coefficient (Wildman–Crippen LogP) is 3.30. The molecule has 0 radical (unpaired) electrons. The van der Waals surface area contributed by atoms with Gasteiger partial charge in [-0.05, 0) is 36.8 Å². The largest absolute Gasteiger partial charge is 0.490 e. The second-order valence-electron chi connectivity index (χ2n) is 8.97. The molecule has 0 bridgehead atoms. The van der Waals surface area contributed by atoms with Gasteiger partial charge in [-0.1, -0.05) is 52.2 Å². The monoisotopic (exact) mass is 512 g/mol. The Morgan fingerprint density at radius 3 is 2.58 bits per heavy atom.